The van der Waals surface area contributed by atoms with E-state index in [4.69, 9.17) is 4.74 Å². The Balaban J connectivity index is 1.83. The Hall–Kier alpha value is -2.18. The molecule has 5 nitrogen and oxygen atoms in total. The average Bonchev–Trinajstić information content (AvgIpc) is 3.23. The van der Waals surface area contributed by atoms with Crippen LogP contribution in [0.25, 0.3) is 10.4 Å². The maximum atomic E-state index is 13.1. The highest BCUT2D eigenvalue weighted by molar-refractivity contribution is 7.13. The number of benzene rings is 1. The summed E-state index contributed by atoms with van der Waals surface area (Å²) in [5.74, 6) is -0.0607. The van der Waals surface area contributed by atoms with Crippen LogP contribution >= 0.6 is 11.3 Å². The first-order valence-electron chi connectivity index (χ1n) is 10.3. The summed E-state index contributed by atoms with van der Waals surface area (Å²) in [7, 11) is 0. The summed E-state index contributed by atoms with van der Waals surface area (Å²) in [6.07, 6.45) is 1.73. The molecule has 2 heterocycles. The molecule has 1 aromatic carbocycles. The van der Waals surface area contributed by atoms with Gasteiger partial charge in [-0.3, -0.25) is 9.59 Å². The fourth-order valence-corrected chi connectivity index (χ4v) is 4.38. The lowest BCUT2D eigenvalue weighted by molar-refractivity contribution is -0.166. The highest BCUT2D eigenvalue weighted by Gasteiger charge is 2.45. The lowest BCUT2D eigenvalue weighted by Gasteiger charge is -2.42. The maximum Gasteiger partial charge on any atom is 0.254 e. The summed E-state index contributed by atoms with van der Waals surface area (Å²) in [4.78, 5) is 28.6. The standard InChI is InChI=1S/C23H30N2O3S/c1-4-6-21(26)25-12-13-28-23(16-25,22(27)24-17(2)3)15-18-8-10-19(11-9-18)20-7-5-14-29-20/h5,7-11,14,17H,4,6,12-13,15-16H2,1-3H3,(H,24,27)/t23-/m1/s1. The molecule has 0 bridgehead atoms. The summed E-state index contributed by atoms with van der Waals surface area (Å²) >= 11 is 1.70. The fraction of sp³-hybridized carbons (Fsp3) is 0.478. The van der Waals surface area contributed by atoms with Gasteiger partial charge in [-0.25, -0.2) is 0 Å². The molecule has 6 heteroatoms. The topological polar surface area (TPSA) is 58.6 Å². The van der Waals surface area contributed by atoms with Crippen LogP contribution in [-0.2, 0) is 20.7 Å². The Morgan fingerprint density at radius 2 is 2.00 bits per heavy atom. The molecule has 2 amide bonds. The van der Waals surface area contributed by atoms with Crippen molar-refractivity contribution in [2.24, 2.45) is 0 Å². The number of carbonyl (C=O) groups excluding carboxylic acids is 2. The Bertz CT molecular complexity index is 817. The highest BCUT2D eigenvalue weighted by Crippen LogP contribution is 2.28. The molecule has 1 fully saturated rings. The van der Waals surface area contributed by atoms with Gasteiger partial charge in [-0.05, 0) is 42.8 Å². The minimum absolute atomic E-state index is 0.00546. The van der Waals surface area contributed by atoms with Crippen molar-refractivity contribution in [2.45, 2.75) is 51.7 Å². The predicted molar refractivity (Wildman–Crippen MR) is 117 cm³/mol. The van der Waals surface area contributed by atoms with Gasteiger partial charge in [0.05, 0.1) is 13.2 Å². The number of morpholine rings is 1. The van der Waals surface area contributed by atoms with E-state index in [2.05, 4.69) is 41.0 Å². The molecular formula is C23H30N2O3S. The average molecular weight is 415 g/mol. The third-order valence-electron chi connectivity index (χ3n) is 5.09. The molecule has 29 heavy (non-hydrogen) atoms. The minimum atomic E-state index is -1.06. The quantitative estimate of drug-likeness (QED) is 0.748. The molecule has 0 unspecified atom stereocenters. The number of nitrogens with one attached hydrogen (secondary N) is 1. The van der Waals surface area contributed by atoms with Gasteiger partial charge >= 0.3 is 0 Å². The van der Waals surface area contributed by atoms with Gasteiger partial charge in [0.15, 0.2) is 5.60 Å². The van der Waals surface area contributed by atoms with Crippen molar-refractivity contribution in [1.29, 1.82) is 0 Å². The van der Waals surface area contributed by atoms with E-state index >= 15 is 0 Å². The molecule has 1 aromatic heterocycles. The molecule has 1 N–H and O–H groups in total. The van der Waals surface area contributed by atoms with Gasteiger partial charge in [-0.2, -0.15) is 0 Å². The van der Waals surface area contributed by atoms with Crippen molar-refractivity contribution in [2.75, 3.05) is 19.7 Å². The summed E-state index contributed by atoms with van der Waals surface area (Å²) < 4.78 is 6.09. The zero-order chi connectivity index (χ0) is 20.9. The lowest BCUT2D eigenvalue weighted by Crippen LogP contribution is -2.62. The normalized spacial score (nSPS) is 19.4. The van der Waals surface area contributed by atoms with Crippen LogP contribution in [0.15, 0.2) is 41.8 Å². The zero-order valence-corrected chi connectivity index (χ0v) is 18.3. The van der Waals surface area contributed by atoms with Crippen LogP contribution in [-0.4, -0.2) is 48.1 Å². The van der Waals surface area contributed by atoms with E-state index in [-0.39, 0.29) is 24.4 Å². The van der Waals surface area contributed by atoms with E-state index in [0.29, 0.717) is 26.0 Å². The minimum Gasteiger partial charge on any atom is -0.361 e. The molecule has 1 aliphatic rings. The molecule has 156 valence electrons. The van der Waals surface area contributed by atoms with Crippen molar-refractivity contribution >= 4 is 23.2 Å². The molecule has 0 radical (unpaired) electrons. The second-order valence-corrected chi connectivity index (χ2v) is 8.83. The molecule has 0 saturated carbocycles. The van der Waals surface area contributed by atoms with E-state index in [0.717, 1.165) is 17.5 Å². The largest absolute Gasteiger partial charge is 0.361 e. The third kappa shape index (κ3) is 5.25. The number of carbonyl (C=O) groups is 2. The van der Waals surface area contributed by atoms with E-state index in [9.17, 15) is 9.59 Å². The predicted octanol–water partition coefficient (Wildman–Crippen LogP) is 3.88. The van der Waals surface area contributed by atoms with Gasteiger partial charge in [0.2, 0.25) is 5.91 Å². The van der Waals surface area contributed by atoms with Crippen LogP contribution in [0.1, 0.15) is 39.2 Å². The fourth-order valence-electron chi connectivity index (χ4n) is 3.65. The van der Waals surface area contributed by atoms with Crippen LogP contribution in [0, 0.1) is 0 Å². The lowest BCUT2D eigenvalue weighted by atomic mass is 9.90. The second kappa shape index (κ2) is 9.55. The number of ether oxygens (including phenoxy) is 1. The molecule has 0 aliphatic carbocycles. The van der Waals surface area contributed by atoms with Crippen LogP contribution in [0.4, 0.5) is 0 Å². The second-order valence-electron chi connectivity index (χ2n) is 7.89. The Morgan fingerprint density at radius 1 is 1.24 bits per heavy atom. The molecule has 1 atom stereocenters. The first kappa shape index (κ1) is 21.5. The van der Waals surface area contributed by atoms with Crippen molar-refractivity contribution in [3.63, 3.8) is 0 Å². The van der Waals surface area contributed by atoms with E-state index < -0.39 is 5.60 Å². The van der Waals surface area contributed by atoms with Crippen LogP contribution < -0.4 is 5.32 Å². The van der Waals surface area contributed by atoms with Crippen molar-refractivity contribution in [3.8, 4) is 10.4 Å². The molecule has 3 rings (SSSR count). The molecular weight excluding hydrogens is 384 g/mol. The molecule has 0 spiro atoms. The van der Waals surface area contributed by atoms with Gasteiger partial charge in [0.1, 0.15) is 0 Å². The first-order chi connectivity index (χ1) is 13.9. The number of thiophene rings is 1. The van der Waals surface area contributed by atoms with E-state index in [1.54, 1.807) is 16.2 Å². The Kier molecular flexibility index (Phi) is 7.09. The third-order valence-corrected chi connectivity index (χ3v) is 6.00. The number of hydrogen-bond acceptors (Lipinski definition) is 4. The van der Waals surface area contributed by atoms with Crippen molar-refractivity contribution in [1.82, 2.24) is 10.2 Å². The van der Waals surface area contributed by atoms with E-state index in [1.165, 1.54) is 4.88 Å². The summed E-state index contributed by atoms with van der Waals surface area (Å²) in [6, 6.07) is 12.4. The van der Waals surface area contributed by atoms with Crippen LogP contribution in [0.3, 0.4) is 0 Å². The van der Waals surface area contributed by atoms with Gasteiger partial charge < -0.3 is 15.0 Å². The first-order valence-corrected chi connectivity index (χ1v) is 11.2. The highest BCUT2D eigenvalue weighted by atomic mass is 32.1. The molecule has 2 aromatic rings. The zero-order valence-electron chi connectivity index (χ0n) is 17.4. The monoisotopic (exact) mass is 414 g/mol. The van der Waals surface area contributed by atoms with Gasteiger partial charge in [-0.1, -0.05) is 37.3 Å². The van der Waals surface area contributed by atoms with Gasteiger partial charge in [-0.15, -0.1) is 11.3 Å². The SMILES string of the molecule is CCCC(=O)N1CCO[C@@](Cc2ccc(-c3cccs3)cc2)(C(=O)NC(C)C)C1. The van der Waals surface area contributed by atoms with E-state index in [1.807, 2.05) is 26.8 Å². The number of amides is 2. The Morgan fingerprint density at radius 3 is 2.62 bits per heavy atom. The van der Waals surface area contributed by atoms with Crippen LogP contribution in [0.2, 0.25) is 0 Å². The molecule has 1 saturated heterocycles. The number of nitrogens with zero attached hydrogens (tertiary/aromatic N) is 1. The number of rotatable bonds is 7. The summed E-state index contributed by atoms with van der Waals surface area (Å²) in [5.41, 5.74) is 1.12. The maximum absolute atomic E-state index is 13.1. The molecule has 1 aliphatic heterocycles. The summed E-state index contributed by atoms with van der Waals surface area (Å²) in [6.45, 7) is 7.05. The smallest absolute Gasteiger partial charge is 0.254 e. The summed E-state index contributed by atoms with van der Waals surface area (Å²) in [5, 5.41) is 5.06. The van der Waals surface area contributed by atoms with Crippen molar-refractivity contribution in [3.05, 3.63) is 47.3 Å². The van der Waals surface area contributed by atoms with Gasteiger partial charge in [0.25, 0.3) is 5.91 Å². The van der Waals surface area contributed by atoms with Gasteiger partial charge in [0, 0.05) is 30.3 Å². The number of hydrogen-bond donors (Lipinski definition) is 1. The Labute approximate surface area is 177 Å². The van der Waals surface area contributed by atoms with Crippen molar-refractivity contribution < 1.29 is 14.3 Å². The van der Waals surface area contributed by atoms with Crippen LogP contribution in [0.5, 0.6) is 0 Å².